The van der Waals surface area contributed by atoms with Gasteiger partial charge in [-0.15, -0.1) is 0 Å². The van der Waals surface area contributed by atoms with E-state index in [1.165, 1.54) is 38.5 Å². The minimum atomic E-state index is 0.648. The molecule has 1 saturated heterocycles. The number of hydrogen-bond acceptors (Lipinski definition) is 4. The summed E-state index contributed by atoms with van der Waals surface area (Å²) < 4.78 is 0.648. The van der Waals surface area contributed by atoms with Crippen molar-refractivity contribution in [1.29, 1.82) is 0 Å². The molecule has 16 heavy (non-hydrogen) atoms. The molecule has 0 bridgehead atoms. The average molecular weight is 426 g/mol. The van der Waals surface area contributed by atoms with Gasteiger partial charge in [0, 0.05) is 0 Å². The van der Waals surface area contributed by atoms with Crippen LogP contribution in [0, 0.1) is 0 Å². The van der Waals surface area contributed by atoms with E-state index in [4.69, 9.17) is 0 Å². The van der Waals surface area contributed by atoms with E-state index < -0.39 is 0 Å². The van der Waals surface area contributed by atoms with E-state index in [9.17, 15) is 0 Å². The monoisotopic (exact) mass is 428 g/mol. The molecular formula is C10H20S4Se2. The van der Waals surface area contributed by atoms with Gasteiger partial charge in [-0.2, -0.15) is 0 Å². The van der Waals surface area contributed by atoms with Gasteiger partial charge < -0.3 is 0 Å². The van der Waals surface area contributed by atoms with Crippen molar-refractivity contribution in [3.63, 3.8) is 0 Å². The molecule has 1 fully saturated rings. The average Bonchev–Trinajstić information content (AvgIpc) is 2.31. The van der Waals surface area contributed by atoms with Crippen molar-refractivity contribution in [2.24, 2.45) is 0 Å². The fourth-order valence-corrected chi connectivity index (χ4v) is 12.2. The summed E-state index contributed by atoms with van der Waals surface area (Å²) in [6.07, 6.45) is 0. The molecule has 0 aromatic heterocycles. The molecule has 0 saturated carbocycles. The van der Waals surface area contributed by atoms with Crippen molar-refractivity contribution in [3.05, 3.63) is 0 Å². The topological polar surface area (TPSA) is 0 Å². The summed E-state index contributed by atoms with van der Waals surface area (Å²) in [6, 6.07) is 0. The Balaban J connectivity index is 2.33. The van der Waals surface area contributed by atoms with Gasteiger partial charge in [-0.05, 0) is 0 Å². The van der Waals surface area contributed by atoms with Gasteiger partial charge in [0.25, 0.3) is 0 Å². The molecule has 0 N–H and O–H groups in total. The van der Waals surface area contributed by atoms with Crippen LogP contribution in [0.5, 0.6) is 0 Å². The van der Waals surface area contributed by atoms with Gasteiger partial charge in [-0.25, -0.2) is 0 Å². The molecule has 0 nitrogen and oxygen atoms in total. The van der Waals surface area contributed by atoms with Crippen LogP contribution in [-0.2, 0) is 0 Å². The quantitative estimate of drug-likeness (QED) is 0.348. The Labute approximate surface area is 132 Å². The molecule has 0 aromatic rings. The van der Waals surface area contributed by atoms with Crippen molar-refractivity contribution < 1.29 is 0 Å². The Morgan fingerprint density at radius 2 is 1.62 bits per heavy atom. The zero-order chi connectivity index (χ0) is 11.7. The summed E-state index contributed by atoms with van der Waals surface area (Å²) in [5.74, 6) is 6.30. The maximum absolute atomic E-state index is 4.33. The number of hydrogen-bond donors (Lipinski definition) is 2. The Hall–Kier alpha value is 2.44. The summed E-state index contributed by atoms with van der Waals surface area (Å²) in [5.41, 5.74) is 0. The Morgan fingerprint density at radius 1 is 1.00 bits per heavy atom. The summed E-state index contributed by atoms with van der Waals surface area (Å²) in [5, 5.41) is 5.66. The van der Waals surface area contributed by atoms with Crippen molar-refractivity contribution in [2.75, 3.05) is 28.8 Å². The van der Waals surface area contributed by atoms with Crippen LogP contribution in [0.1, 0.15) is 0 Å². The van der Waals surface area contributed by atoms with Crippen LogP contribution in [0.3, 0.4) is 0 Å². The molecule has 0 aliphatic carbocycles. The van der Waals surface area contributed by atoms with Gasteiger partial charge in [-0.1, -0.05) is 0 Å². The first kappa shape index (κ1) is 16.5. The second kappa shape index (κ2) is 10.3. The molecule has 0 radical (unpaired) electrons. The third kappa shape index (κ3) is 6.56. The normalized spacial score (nSPS) is 19.9. The summed E-state index contributed by atoms with van der Waals surface area (Å²) in [6.45, 7) is 0. The zero-order valence-electron chi connectivity index (χ0n) is 9.39. The third-order valence-corrected chi connectivity index (χ3v) is 13.2. The van der Waals surface area contributed by atoms with E-state index in [0.29, 0.717) is 4.75 Å². The molecule has 0 atom stereocenters. The van der Waals surface area contributed by atoms with Gasteiger partial charge in [0.1, 0.15) is 0 Å². The first-order valence-corrected chi connectivity index (χ1v) is 13.7. The van der Waals surface area contributed by atoms with Crippen LogP contribution in [0.25, 0.3) is 0 Å². The fraction of sp³-hybridized carbons (Fsp3) is 1.00. The Bertz CT molecular complexity index is 162. The number of thioether (sulfide) groups is 2. The van der Waals surface area contributed by atoms with Crippen molar-refractivity contribution in [1.82, 2.24) is 0 Å². The molecular weight excluding hydrogens is 406 g/mol. The van der Waals surface area contributed by atoms with Crippen LogP contribution >= 0.6 is 48.8 Å². The van der Waals surface area contributed by atoms with Gasteiger partial charge in [0.05, 0.1) is 0 Å². The van der Waals surface area contributed by atoms with E-state index in [1.807, 2.05) is 0 Å². The predicted molar refractivity (Wildman–Crippen MR) is 91.0 cm³/mol. The van der Waals surface area contributed by atoms with Crippen LogP contribution in [-0.4, -0.2) is 63.4 Å². The molecule has 1 heterocycles. The SMILES string of the molecule is SCC[Se]CC1(C[Se]CCS)CSCCS1. The molecule has 0 unspecified atom stereocenters. The Kier molecular flexibility index (Phi) is 10.6. The van der Waals surface area contributed by atoms with Crippen LogP contribution in [0.2, 0.25) is 21.3 Å². The van der Waals surface area contributed by atoms with E-state index in [0.717, 1.165) is 41.4 Å². The van der Waals surface area contributed by atoms with Gasteiger partial charge in [0.15, 0.2) is 0 Å². The van der Waals surface area contributed by atoms with Gasteiger partial charge in [-0.3, -0.25) is 0 Å². The molecule has 1 aliphatic heterocycles. The van der Waals surface area contributed by atoms with Crippen molar-refractivity contribution >= 4 is 78.7 Å². The summed E-state index contributed by atoms with van der Waals surface area (Å²) >= 11 is 14.8. The van der Waals surface area contributed by atoms with Crippen LogP contribution in [0.15, 0.2) is 0 Å². The molecule has 0 amide bonds. The van der Waals surface area contributed by atoms with Crippen molar-refractivity contribution in [3.8, 4) is 0 Å². The second-order valence-corrected chi connectivity index (χ2v) is 11.8. The second-order valence-electron chi connectivity index (χ2n) is 3.64. The van der Waals surface area contributed by atoms with E-state index in [1.54, 1.807) is 0 Å². The summed E-state index contributed by atoms with van der Waals surface area (Å²) in [4.78, 5) is 0. The van der Waals surface area contributed by atoms with Gasteiger partial charge >= 0.3 is 133 Å². The van der Waals surface area contributed by atoms with E-state index in [-0.39, 0.29) is 0 Å². The molecule has 1 rings (SSSR count). The molecule has 0 spiro atoms. The molecule has 96 valence electrons. The van der Waals surface area contributed by atoms with Crippen molar-refractivity contribution in [2.45, 2.75) is 26.0 Å². The third-order valence-electron chi connectivity index (χ3n) is 2.20. The van der Waals surface area contributed by atoms with E-state index >= 15 is 0 Å². The van der Waals surface area contributed by atoms with Gasteiger partial charge in [0.2, 0.25) is 0 Å². The standard InChI is InChI=1S/C10H20S4Se2/c11-1-5-15-8-10(9-16-6-2-12)7-13-3-4-14-10/h11-12H,1-9H2. The molecule has 0 aromatic carbocycles. The first-order chi connectivity index (χ1) is 7.83. The first-order valence-electron chi connectivity index (χ1n) is 5.42. The fourth-order valence-electron chi connectivity index (χ4n) is 1.47. The van der Waals surface area contributed by atoms with Crippen LogP contribution < -0.4 is 0 Å². The number of rotatable bonds is 8. The Morgan fingerprint density at radius 3 is 2.06 bits per heavy atom. The van der Waals surface area contributed by atoms with Crippen LogP contribution in [0.4, 0.5) is 0 Å². The molecule has 6 heteroatoms. The minimum absolute atomic E-state index is 0.648. The predicted octanol–water partition coefficient (Wildman–Crippen LogP) is 3.15. The zero-order valence-corrected chi connectivity index (χ0v) is 16.2. The number of thiol groups is 2. The van der Waals surface area contributed by atoms with E-state index in [2.05, 4.69) is 48.8 Å². The molecule has 1 aliphatic rings. The summed E-state index contributed by atoms with van der Waals surface area (Å²) in [7, 11) is 0. The maximum atomic E-state index is 4.33.